The van der Waals surface area contributed by atoms with Crippen molar-refractivity contribution in [3.63, 3.8) is 0 Å². The SMILES string of the molecule is O=C(Nc1ccc2c(c1)N(C(=O)c1cccs1)CCC2)c1cccc(Cl)c1. The van der Waals surface area contributed by atoms with Crippen molar-refractivity contribution in [1.82, 2.24) is 0 Å². The lowest BCUT2D eigenvalue weighted by atomic mass is 10.0. The molecule has 0 radical (unpaired) electrons. The Kier molecular flexibility index (Phi) is 4.97. The molecule has 27 heavy (non-hydrogen) atoms. The van der Waals surface area contributed by atoms with Crippen molar-refractivity contribution in [2.45, 2.75) is 12.8 Å². The number of rotatable bonds is 3. The van der Waals surface area contributed by atoms with Crippen molar-refractivity contribution in [2.75, 3.05) is 16.8 Å². The first-order valence-electron chi connectivity index (χ1n) is 8.67. The van der Waals surface area contributed by atoms with Gasteiger partial charge in [-0.15, -0.1) is 11.3 Å². The molecule has 1 N–H and O–H groups in total. The van der Waals surface area contributed by atoms with Crippen molar-refractivity contribution >= 4 is 46.1 Å². The fourth-order valence-electron chi connectivity index (χ4n) is 3.23. The van der Waals surface area contributed by atoms with Crippen molar-refractivity contribution in [1.29, 1.82) is 0 Å². The average molecular weight is 397 g/mol. The van der Waals surface area contributed by atoms with Gasteiger partial charge >= 0.3 is 0 Å². The zero-order chi connectivity index (χ0) is 18.8. The molecule has 0 unspecified atom stereocenters. The number of aryl methyl sites for hydroxylation is 1. The first kappa shape index (κ1) is 17.8. The van der Waals surface area contributed by atoms with E-state index in [1.54, 1.807) is 29.2 Å². The molecule has 0 saturated heterocycles. The summed E-state index contributed by atoms with van der Waals surface area (Å²) in [6, 6.07) is 16.3. The fraction of sp³-hybridized carbons (Fsp3) is 0.143. The van der Waals surface area contributed by atoms with Gasteiger partial charge in [0.05, 0.1) is 4.88 Å². The van der Waals surface area contributed by atoms with Gasteiger partial charge in [-0.25, -0.2) is 0 Å². The molecule has 0 fully saturated rings. The minimum Gasteiger partial charge on any atom is -0.322 e. The number of hydrogen-bond acceptors (Lipinski definition) is 3. The van der Waals surface area contributed by atoms with Gasteiger partial charge in [0.2, 0.25) is 0 Å². The zero-order valence-electron chi connectivity index (χ0n) is 14.4. The summed E-state index contributed by atoms with van der Waals surface area (Å²) < 4.78 is 0. The van der Waals surface area contributed by atoms with Crippen LogP contribution in [-0.4, -0.2) is 18.4 Å². The molecule has 0 saturated carbocycles. The van der Waals surface area contributed by atoms with Crippen molar-refractivity contribution in [3.05, 3.63) is 81.0 Å². The van der Waals surface area contributed by atoms with E-state index < -0.39 is 0 Å². The van der Waals surface area contributed by atoms with Crippen LogP contribution in [0.2, 0.25) is 5.02 Å². The summed E-state index contributed by atoms with van der Waals surface area (Å²) in [4.78, 5) is 27.9. The number of fused-ring (bicyclic) bond motifs is 1. The van der Waals surface area contributed by atoms with E-state index in [0.717, 1.165) is 29.0 Å². The van der Waals surface area contributed by atoms with Crippen LogP contribution in [0.5, 0.6) is 0 Å². The van der Waals surface area contributed by atoms with Gasteiger partial charge in [-0.3, -0.25) is 9.59 Å². The van der Waals surface area contributed by atoms with Crippen LogP contribution in [0.25, 0.3) is 0 Å². The second-order valence-corrected chi connectivity index (χ2v) is 7.73. The number of hydrogen-bond donors (Lipinski definition) is 1. The maximum Gasteiger partial charge on any atom is 0.268 e. The van der Waals surface area contributed by atoms with Crippen molar-refractivity contribution in [2.24, 2.45) is 0 Å². The maximum atomic E-state index is 12.9. The average Bonchev–Trinajstić information content (AvgIpc) is 3.22. The molecule has 0 spiro atoms. The summed E-state index contributed by atoms with van der Waals surface area (Å²) >= 11 is 7.41. The van der Waals surface area contributed by atoms with Gasteiger partial charge in [-0.2, -0.15) is 0 Å². The fourth-order valence-corrected chi connectivity index (χ4v) is 4.09. The second kappa shape index (κ2) is 7.55. The smallest absolute Gasteiger partial charge is 0.268 e. The number of benzene rings is 2. The van der Waals surface area contributed by atoms with Gasteiger partial charge in [0.15, 0.2) is 0 Å². The van der Waals surface area contributed by atoms with Gasteiger partial charge in [-0.05, 0) is 60.2 Å². The van der Waals surface area contributed by atoms with Crippen LogP contribution in [0.4, 0.5) is 11.4 Å². The Balaban J connectivity index is 1.61. The number of thiophene rings is 1. The van der Waals surface area contributed by atoms with E-state index in [9.17, 15) is 9.59 Å². The van der Waals surface area contributed by atoms with Gasteiger partial charge in [0.1, 0.15) is 0 Å². The molecule has 4 rings (SSSR count). The lowest BCUT2D eigenvalue weighted by molar-refractivity contribution is 0.0987. The highest BCUT2D eigenvalue weighted by Crippen LogP contribution is 2.32. The number of nitrogens with one attached hydrogen (secondary N) is 1. The Morgan fingerprint density at radius 2 is 1.96 bits per heavy atom. The summed E-state index contributed by atoms with van der Waals surface area (Å²) in [6.45, 7) is 0.676. The summed E-state index contributed by atoms with van der Waals surface area (Å²) in [7, 11) is 0. The van der Waals surface area contributed by atoms with Crippen LogP contribution in [-0.2, 0) is 6.42 Å². The van der Waals surface area contributed by atoms with E-state index in [-0.39, 0.29) is 11.8 Å². The molecule has 2 aromatic carbocycles. The van der Waals surface area contributed by atoms with Gasteiger partial charge in [0.25, 0.3) is 11.8 Å². The van der Waals surface area contributed by atoms with Crippen molar-refractivity contribution < 1.29 is 9.59 Å². The molecule has 4 nitrogen and oxygen atoms in total. The molecule has 0 bridgehead atoms. The Bertz CT molecular complexity index is 1000. The highest BCUT2D eigenvalue weighted by molar-refractivity contribution is 7.12. The number of halogens is 1. The van der Waals surface area contributed by atoms with Crippen LogP contribution >= 0.6 is 22.9 Å². The summed E-state index contributed by atoms with van der Waals surface area (Å²) in [5.74, 6) is -0.228. The lowest BCUT2D eigenvalue weighted by Gasteiger charge is -2.29. The van der Waals surface area contributed by atoms with Crippen LogP contribution in [0.1, 0.15) is 32.0 Å². The highest BCUT2D eigenvalue weighted by atomic mass is 35.5. The second-order valence-electron chi connectivity index (χ2n) is 6.35. The Morgan fingerprint density at radius 1 is 1.07 bits per heavy atom. The minimum atomic E-state index is -0.232. The first-order valence-corrected chi connectivity index (χ1v) is 9.93. The molecule has 6 heteroatoms. The summed E-state index contributed by atoms with van der Waals surface area (Å²) in [5, 5.41) is 5.31. The number of nitrogens with zero attached hydrogens (tertiary/aromatic N) is 1. The molecule has 1 aromatic heterocycles. The monoisotopic (exact) mass is 396 g/mol. The third-order valence-electron chi connectivity index (χ3n) is 4.53. The Hall–Kier alpha value is -2.63. The largest absolute Gasteiger partial charge is 0.322 e. The van der Waals surface area contributed by atoms with Gasteiger partial charge in [-0.1, -0.05) is 29.8 Å². The number of anilines is 2. The molecule has 0 aliphatic carbocycles. The number of amides is 2. The first-order chi connectivity index (χ1) is 13.1. The van der Waals surface area contributed by atoms with E-state index in [0.29, 0.717) is 22.8 Å². The topological polar surface area (TPSA) is 49.4 Å². The van der Waals surface area contributed by atoms with E-state index in [4.69, 9.17) is 11.6 Å². The van der Waals surface area contributed by atoms with Gasteiger partial charge < -0.3 is 10.2 Å². The third kappa shape index (κ3) is 3.75. The zero-order valence-corrected chi connectivity index (χ0v) is 16.0. The van der Waals surface area contributed by atoms with Crippen LogP contribution in [0.15, 0.2) is 60.0 Å². The molecular weight excluding hydrogens is 380 g/mol. The summed E-state index contributed by atoms with van der Waals surface area (Å²) in [5.41, 5.74) is 3.13. The molecular formula is C21H17ClN2O2S. The van der Waals surface area contributed by atoms with E-state index >= 15 is 0 Å². The minimum absolute atomic E-state index is 0.00395. The predicted molar refractivity (Wildman–Crippen MR) is 110 cm³/mol. The number of carbonyl (C=O) groups is 2. The van der Waals surface area contributed by atoms with Crippen LogP contribution in [0, 0.1) is 0 Å². The van der Waals surface area contributed by atoms with Crippen molar-refractivity contribution in [3.8, 4) is 0 Å². The molecule has 1 aliphatic heterocycles. The van der Waals surface area contributed by atoms with E-state index in [1.165, 1.54) is 11.3 Å². The highest BCUT2D eigenvalue weighted by Gasteiger charge is 2.24. The van der Waals surface area contributed by atoms with Gasteiger partial charge in [0, 0.05) is 28.5 Å². The van der Waals surface area contributed by atoms with Crippen LogP contribution in [0.3, 0.4) is 0 Å². The quantitative estimate of drug-likeness (QED) is 0.657. The standard InChI is InChI=1S/C21H17ClN2O2S/c22-16-6-1-4-15(12-16)20(25)23-17-9-8-14-5-2-10-24(18(14)13-17)21(26)19-7-3-11-27-19/h1,3-4,6-9,11-13H,2,5,10H2,(H,23,25). The third-order valence-corrected chi connectivity index (χ3v) is 5.62. The van der Waals surface area contributed by atoms with E-state index in [1.807, 2.05) is 35.7 Å². The molecule has 1 aliphatic rings. The van der Waals surface area contributed by atoms with E-state index in [2.05, 4.69) is 5.32 Å². The normalized spacial score (nSPS) is 13.1. The molecule has 0 atom stereocenters. The summed E-state index contributed by atoms with van der Waals surface area (Å²) in [6.07, 6.45) is 1.85. The maximum absolute atomic E-state index is 12.9. The molecule has 136 valence electrons. The molecule has 3 aromatic rings. The lowest BCUT2D eigenvalue weighted by Crippen LogP contribution is -2.35. The van der Waals surface area contributed by atoms with Crippen LogP contribution < -0.4 is 10.2 Å². The number of carbonyl (C=O) groups excluding carboxylic acids is 2. The molecule has 2 heterocycles. The Labute approximate surface area is 166 Å². The Morgan fingerprint density at radius 3 is 2.74 bits per heavy atom. The predicted octanol–water partition coefficient (Wildman–Crippen LogP) is 5.25. The molecule has 2 amide bonds.